The number of nitrogens with one attached hydrogen (secondary N) is 2. The van der Waals surface area contributed by atoms with E-state index in [0.717, 1.165) is 31.4 Å². The van der Waals surface area contributed by atoms with Gasteiger partial charge in [-0.1, -0.05) is 12.8 Å². The minimum atomic E-state index is -0.972. The second kappa shape index (κ2) is 7.42. The van der Waals surface area contributed by atoms with Crippen molar-refractivity contribution >= 4 is 23.8 Å². The van der Waals surface area contributed by atoms with Crippen molar-refractivity contribution in [3.05, 3.63) is 0 Å². The summed E-state index contributed by atoms with van der Waals surface area (Å²) in [7, 11) is 0. The van der Waals surface area contributed by atoms with Crippen molar-refractivity contribution in [3.8, 4) is 0 Å². The quantitative estimate of drug-likeness (QED) is 0.675. The van der Waals surface area contributed by atoms with Gasteiger partial charge in [-0.3, -0.25) is 0 Å². The Kier molecular flexibility index (Phi) is 6.18. The summed E-state index contributed by atoms with van der Waals surface area (Å²) < 4.78 is 0. The second-order valence-electron chi connectivity index (χ2n) is 4.27. The maximum absolute atomic E-state index is 11.6. The first-order valence-corrected chi connectivity index (χ1v) is 7.31. The number of carboxylic acid groups (broad SMARTS) is 1. The van der Waals surface area contributed by atoms with Crippen LogP contribution in [0.3, 0.4) is 0 Å². The molecule has 0 aromatic carbocycles. The highest BCUT2D eigenvalue weighted by molar-refractivity contribution is 7.98. The van der Waals surface area contributed by atoms with Gasteiger partial charge in [0.2, 0.25) is 0 Å². The number of carboxylic acids is 1. The second-order valence-corrected chi connectivity index (χ2v) is 5.26. The van der Waals surface area contributed by atoms with Gasteiger partial charge in [0.1, 0.15) is 6.04 Å². The van der Waals surface area contributed by atoms with Crippen LogP contribution in [0.2, 0.25) is 0 Å². The summed E-state index contributed by atoms with van der Waals surface area (Å²) in [6.07, 6.45) is 6.64. The summed E-state index contributed by atoms with van der Waals surface area (Å²) >= 11 is 1.57. The predicted molar refractivity (Wildman–Crippen MR) is 68.3 cm³/mol. The lowest BCUT2D eigenvalue weighted by Crippen LogP contribution is -2.48. The van der Waals surface area contributed by atoms with Crippen molar-refractivity contribution in [1.82, 2.24) is 10.6 Å². The lowest BCUT2D eigenvalue weighted by Gasteiger charge is -2.17. The molecule has 1 aliphatic carbocycles. The molecule has 1 aliphatic rings. The Morgan fingerprint density at radius 2 is 2.06 bits per heavy atom. The third-order valence-electron chi connectivity index (χ3n) is 2.90. The number of thioether (sulfide) groups is 1. The van der Waals surface area contributed by atoms with Gasteiger partial charge in [0.15, 0.2) is 0 Å². The molecule has 0 aromatic heterocycles. The van der Waals surface area contributed by atoms with E-state index in [4.69, 9.17) is 5.11 Å². The highest BCUT2D eigenvalue weighted by Crippen LogP contribution is 2.17. The van der Waals surface area contributed by atoms with Gasteiger partial charge in [-0.05, 0) is 31.3 Å². The van der Waals surface area contributed by atoms with E-state index >= 15 is 0 Å². The molecule has 1 rings (SSSR count). The third kappa shape index (κ3) is 5.30. The van der Waals surface area contributed by atoms with E-state index in [1.807, 2.05) is 6.26 Å². The fourth-order valence-corrected chi connectivity index (χ4v) is 2.42. The van der Waals surface area contributed by atoms with Crippen molar-refractivity contribution in [2.75, 3.05) is 12.0 Å². The van der Waals surface area contributed by atoms with E-state index in [0.29, 0.717) is 6.42 Å². The summed E-state index contributed by atoms with van der Waals surface area (Å²) in [5.74, 6) is -0.249. The number of hydrogen-bond acceptors (Lipinski definition) is 3. The molecule has 0 spiro atoms. The van der Waals surface area contributed by atoms with Gasteiger partial charge < -0.3 is 15.7 Å². The van der Waals surface area contributed by atoms with Crippen LogP contribution in [0.5, 0.6) is 0 Å². The zero-order valence-electron chi connectivity index (χ0n) is 10.1. The van der Waals surface area contributed by atoms with Gasteiger partial charge in [0, 0.05) is 6.04 Å². The Hall–Kier alpha value is -0.910. The van der Waals surface area contributed by atoms with Crippen molar-refractivity contribution < 1.29 is 14.7 Å². The molecule has 3 N–H and O–H groups in total. The normalized spacial score (nSPS) is 17.7. The topological polar surface area (TPSA) is 78.4 Å². The molecule has 0 aliphatic heterocycles. The first-order valence-electron chi connectivity index (χ1n) is 5.92. The Bertz CT molecular complexity index is 267. The summed E-state index contributed by atoms with van der Waals surface area (Å²) in [6.45, 7) is 0. The molecular formula is C11H20N2O3S. The van der Waals surface area contributed by atoms with E-state index in [9.17, 15) is 9.59 Å². The number of urea groups is 1. The van der Waals surface area contributed by atoms with Gasteiger partial charge in [0.05, 0.1) is 0 Å². The van der Waals surface area contributed by atoms with Gasteiger partial charge in [-0.2, -0.15) is 11.8 Å². The van der Waals surface area contributed by atoms with Crippen LogP contribution in [0.1, 0.15) is 32.1 Å². The van der Waals surface area contributed by atoms with Crippen molar-refractivity contribution in [2.45, 2.75) is 44.2 Å². The number of carbonyl (C=O) groups excluding carboxylic acids is 1. The minimum Gasteiger partial charge on any atom is -0.480 e. The van der Waals surface area contributed by atoms with Crippen molar-refractivity contribution in [2.24, 2.45) is 0 Å². The zero-order valence-corrected chi connectivity index (χ0v) is 10.9. The van der Waals surface area contributed by atoms with Crippen LogP contribution in [0, 0.1) is 0 Å². The largest absolute Gasteiger partial charge is 0.480 e. The molecular weight excluding hydrogens is 240 g/mol. The number of amides is 2. The third-order valence-corrected chi connectivity index (χ3v) is 3.55. The SMILES string of the molecule is CSCC[C@H](NC(=O)NC1CCCC1)C(=O)O. The van der Waals surface area contributed by atoms with Gasteiger partial charge in [-0.15, -0.1) is 0 Å². The van der Waals surface area contributed by atoms with Crippen molar-refractivity contribution in [1.29, 1.82) is 0 Å². The Morgan fingerprint density at radius 3 is 2.59 bits per heavy atom. The number of aliphatic carboxylic acids is 1. The maximum Gasteiger partial charge on any atom is 0.326 e. The van der Waals surface area contributed by atoms with E-state index in [-0.39, 0.29) is 12.1 Å². The first-order chi connectivity index (χ1) is 8.13. The summed E-state index contributed by atoms with van der Waals surface area (Å²) in [6, 6.07) is -0.931. The molecule has 6 heteroatoms. The zero-order chi connectivity index (χ0) is 12.7. The van der Waals surface area contributed by atoms with E-state index in [1.54, 1.807) is 11.8 Å². The first kappa shape index (κ1) is 14.2. The molecule has 1 saturated carbocycles. The van der Waals surface area contributed by atoms with Crippen LogP contribution in [-0.2, 0) is 4.79 Å². The van der Waals surface area contributed by atoms with Gasteiger partial charge in [-0.25, -0.2) is 9.59 Å². The molecule has 0 radical (unpaired) electrons. The maximum atomic E-state index is 11.6. The number of hydrogen-bond donors (Lipinski definition) is 3. The summed E-state index contributed by atoms with van der Waals surface area (Å²) in [4.78, 5) is 22.5. The van der Waals surface area contributed by atoms with Crippen LogP contribution in [0.4, 0.5) is 4.79 Å². The Labute approximate surface area is 106 Å². The Balaban J connectivity index is 2.32. The average molecular weight is 260 g/mol. The summed E-state index contributed by atoms with van der Waals surface area (Å²) in [5.41, 5.74) is 0. The van der Waals surface area contributed by atoms with E-state index < -0.39 is 12.0 Å². The highest BCUT2D eigenvalue weighted by atomic mass is 32.2. The molecule has 0 saturated heterocycles. The predicted octanol–water partition coefficient (Wildman–Crippen LogP) is 1.43. The smallest absolute Gasteiger partial charge is 0.326 e. The molecule has 17 heavy (non-hydrogen) atoms. The monoisotopic (exact) mass is 260 g/mol. The van der Waals surface area contributed by atoms with Crippen LogP contribution < -0.4 is 10.6 Å². The fourth-order valence-electron chi connectivity index (χ4n) is 1.95. The number of carbonyl (C=O) groups is 2. The number of rotatable bonds is 6. The highest BCUT2D eigenvalue weighted by Gasteiger charge is 2.22. The van der Waals surface area contributed by atoms with Crippen LogP contribution in [-0.4, -0.2) is 41.2 Å². The molecule has 0 heterocycles. The molecule has 0 bridgehead atoms. The lowest BCUT2D eigenvalue weighted by atomic mass is 10.2. The van der Waals surface area contributed by atoms with Crippen LogP contribution in [0.15, 0.2) is 0 Å². The standard InChI is InChI=1S/C11H20N2O3S/c1-17-7-6-9(10(14)15)13-11(16)12-8-4-2-3-5-8/h8-9H,2-7H2,1H3,(H,14,15)(H2,12,13,16)/t9-/m0/s1. The van der Waals surface area contributed by atoms with Crippen LogP contribution in [0.25, 0.3) is 0 Å². The Morgan fingerprint density at radius 1 is 1.41 bits per heavy atom. The molecule has 98 valence electrons. The average Bonchev–Trinajstić information content (AvgIpc) is 2.76. The summed E-state index contributed by atoms with van der Waals surface area (Å²) in [5, 5.41) is 14.3. The van der Waals surface area contributed by atoms with E-state index in [1.165, 1.54) is 0 Å². The van der Waals surface area contributed by atoms with Crippen LogP contribution >= 0.6 is 11.8 Å². The van der Waals surface area contributed by atoms with E-state index in [2.05, 4.69) is 10.6 Å². The molecule has 0 aromatic rings. The van der Waals surface area contributed by atoms with Gasteiger partial charge >= 0.3 is 12.0 Å². The molecule has 5 nitrogen and oxygen atoms in total. The molecule has 1 atom stereocenters. The van der Waals surface area contributed by atoms with Gasteiger partial charge in [0.25, 0.3) is 0 Å². The molecule has 0 unspecified atom stereocenters. The molecule has 2 amide bonds. The molecule has 1 fully saturated rings. The van der Waals surface area contributed by atoms with Crippen molar-refractivity contribution in [3.63, 3.8) is 0 Å². The lowest BCUT2D eigenvalue weighted by molar-refractivity contribution is -0.139. The fraction of sp³-hybridized carbons (Fsp3) is 0.818. The minimum absolute atomic E-state index is 0.213.